The van der Waals surface area contributed by atoms with Gasteiger partial charge in [-0.25, -0.2) is 13.4 Å². The van der Waals surface area contributed by atoms with Gasteiger partial charge in [-0.15, -0.1) is 0 Å². The Morgan fingerprint density at radius 2 is 1.75 bits per heavy atom. The van der Waals surface area contributed by atoms with Crippen LogP contribution in [0, 0.1) is 10.1 Å². The Kier molecular flexibility index (Phi) is 7.77. The van der Waals surface area contributed by atoms with E-state index in [2.05, 4.69) is 15.8 Å². The lowest BCUT2D eigenvalue weighted by molar-refractivity contribution is -0.384. The number of non-ortho nitro benzene ring substituents is 1. The molecule has 1 aromatic heterocycles. The van der Waals surface area contributed by atoms with E-state index in [9.17, 15) is 28.1 Å². The molecule has 1 aliphatic rings. The molecule has 11 nitrogen and oxygen atoms in total. The minimum atomic E-state index is -3.56. The van der Waals surface area contributed by atoms with E-state index < -0.39 is 26.8 Å². The highest BCUT2D eigenvalue weighted by Crippen LogP contribution is 2.22. The fourth-order valence-corrected chi connectivity index (χ4v) is 5.07. The van der Waals surface area contributed by atoms with Crippen LogP contribution in [0.1, 0.15) is 29.6 Å². The molecule has 1 aromatic carbocycles. The van der Waals surface area contributed by atoms with Crippen molar-refractivity contribution in [2.24, 2.45) is 0 Å². The van der Waals surface area contributed by atoms with Crippen molar-refractivity contribution in [2.45, 2.75) is 29.2 Å². The number of rotatable bonds is 7. The number of hydrogen-bond donors (Lipinski definition) is 2. The molecule has 13 heteroatoms. The van der Waals surface area contributed by atoms with E-state index >= 15 is 0 Å². The van der Waals surface area contributed by atoms with Crippen molar-refractivity contribution in [1.82, 2.24) is 20.1 Å². The molecule has 1 fully saturated rings. The fourth-order valence-electron chi connectivity index (χ4n) is 2.97. The summed E-state index contributed by atoms with van der Waals surface area (Å²) in [6.45, 7) is 1.01. The first-order valence-electron chi connectivity index (χ1n) is 9.70. The standard InChI is InChI=1S/C19H21N5O6S2/c25-17(21-22-19(26)14-4-6-15(7-5-14)24(27)28)13-31-18-9-8-16(12-20-18)32(29,30)23-10-2-1-3-11-23/h4-9,12H,1-3,10-11,13H2,(H,21,25)(H,22,26). The van der Waals surface area contributed by atoms with E-state index in [4.69, 9.17) is 0 Å². The number of nitrogens with one attached hydrogen (secondary N) is 2. The van der Waals surface area contributed by atoms with Gasteiger partial charge in [-0.1, -0.05) is 18.2 Å². The third kappa shape index (κ3) is 6.02. The molecule has 3 rings (SSSR count). The minimum Gasteiger partial charge on any atom is -0.272 e. The van der Waals surface area contributed by atoms with Gasteiger partial charge in [-0.3, -0.25) is 30.6 Å². The zero-order chi connectivity index (χ0) is 23.1. The lowest BCUT2D eigenvalue weighted by Gasteiger charge is -2.25. The number of hydrazine groups is 1. The molecular weight excluding hydrogens is 458 g/mol. The summed E-state index contributed by atoms with van der Waals surface area (Å²) in [7, 11) is -3.56. The summed E-state index contributed by atoms with van der Waals surface area (Å²) in [4.78, 5) is 38.2. The third-order valence-electron chi connectivity index (χ3n) is 4.67. The predicted molar refractivity (Wildman–Crippen MR) is 116 cm³/mol. The second kappa shape index (κ2) is 10.5. The predicted octanol–water partition coefficient (Wildman–Crippen LogP) is 1.72. The number of thioether (sulfide) groups is 1. The number of pyridine rings is 1. The van der Waals surface area contributed by atoms with Crippen molar-refractivity contribution in [3.63, 3.8) is 0 Å². The molecular formula is C19H21N5O6S2. The van der Waals surface area contributed by atoms with E-state index in [0.29, 0.717) is 18.1 Å². The zero-order valence-electron chi connectivity index (χ0n) is 16.9. The highest BCUT2D eigenvalue weighted by atomic mass is 32.2. The second-order valence-corrected chi connectivity index (χ2v) is 9.83. The molecule has 0 spiro atoms. The van der Waals surface area contributed by atoms with Crippen LogP contribution in [-0.2, 0) is 14.8 Å². The zero-order valence-corrected chi connectivity index (χ0v) is 18.5. The van der Waals surface area contributed by atoms with Crippen molar-refractivity contribution in [2.75, 3.05) is 18.8 Å². The van der Waals surface area contributed by atoms with Gasteiger partial charge < -0.3 is 0 Å². The molecule has 170 valence electrons. The van der Waals surface area contributed by atoms with Crippen molar-refractivity contribution in [1.29, 1.82) is 0 Å². The summed E-state index contributed by atoms with van der Waals surface area (Å²) in [5.74, 6) is -1.19. The Bertz CT molecular complexity index is 1080. The fraction of sp³-hybridized carbons (Fsp3) is 0.316. The lowest BCUT2D eigenvalue weighted by Crippen LogP contribution is -2.42. The van der Waals surface area contributed by atoms with Gasteiger partial charge in [0.2, 0.25) is 15.9 Å². The highest BCUT2D eigenvalue weighted by molar-refractivity contribution is 7.99. The van der Waals surface area contributed by atoms with Gasteiger partial charge >= 0.3 is 0 Å². The van der Waals surface area contributed by atoms with Gasteiger partial charge in [0.1, 0.15) is 4.90 Å². The molecule has 2 aromatic rings. The van der Waals surface area contributed by atoms with Gasteiger partial charge in [0.25, 0.3) is 11.6 Å². The Hall–Kier alpha value is -3.03. The van der Waals surface area contributed by atoms with E-state index in [1.165, 1.54) is 46.9 Å². The Labute approximate surface area is 188 Å². The van der Waals surface area contributed by atoms with Crippen LogP contribution in [0.2, 0.25) is 0 Å². The molecule has 1 aliphatic heterocycles. The Balaban J connectivity index is 1.47. The van der Waals surface area contributed by atoms with Crippen LogP contribution in [0.3, 0.4) is 0 Å². The van der Waals surface area contributed by atoms with Crippen molar-refractivity contribution >= 4 is 39.3 Å². The molecule has 2 amide bonds. The van der Waals surface area contributed by atoms with Gasteiger partial charge in [-0.05, 0) is 37.1 Å². The number of carbonyl (C=O) groups excluding carboxylic acids is 2. The molecule has 0 bridgehead atoms. The lowest BCUT2D eigenvalue weighted by atomic mass is 10.2. The number of nitro benzene ring substituents is 1. The van der Waals surface area contributed by atoms with E-state index in [1.807, 2.05) is 0 Å². The van der Waals surface area contributed by atoms with Crippen molar-refractivity contribution in [3.8, 4) is 0 Å². The SMILES string of the molecule is O=C(CSc1ccc(S(=O)(=O)N2CCCCC2)cn1)NNC(=O)c1ccc([N+](=O)[O-])cc1. The topological polar surface area (TPSA) is 152 Å². The van der Waals surface area contributed by atoms with E-state index in [1.54, 1.807) is 0 Å². The Morgan fingerprint density at radius 3 is 2.34 bits per heavy atom. The summed E-state index contributed by atoms with van der Waals surface area (Å²) in [5, 5.41) is 11.1. The first-order valence-corrected chi connectivity index (χ1v) is 12.1. The molecule has 1 saturated heterocycles. The third-order valence-corrected chi connectivity index (χ3v) is 7.49. The molecule has 0 radical (unpaired) electrons. The minimum absolute atomic E-state index is 0.0637. The summed E-state index contributed by atoms with van der Waals surface area (Å²) in [6, 6.07) is 7.92. The summed E-state index contributed by atoms with van der Waals surface area (Å²) in [5.41, 5.74) is 4.47. The number of piperidine rings is 1. The van der Waals surface area contributed by atoms with Gasteiger partial charge in [0.05, 0.1) is 15.7 Å². The maximum absolute atomic E-state index is 12.6. The normalized spacial score (nSPS) is 14.5. The molecule has 32 heavy (non-hydrogen) atoms. The molecule has 2 N–H and O–H groups in total. The van der Waals surface area contributed by atoms with Crippen LogP contribution >= 0.6 is 11.8 Å². The smallest absolute Gasteiger partial charge is 0.269 e. The van der Waals surface area contributed by atoms with Crippen LogP contribution < -0.4 is 10.9 Å². The average Bonchev–Trinajstić information content (AvgIpc) is 2.82. The van der Waals surface area contributed by atoms with Crippen molar-refractivity contribution in [3.05, 3.63) is 58.3 Å². The van der Waals surface area contributed by atoms with E-state index in [-0.39, 0.29) is 21.9 Å². The van der Waals surface area contributed by atoms with Gasteiger partial charge in [0.15, 0.2) is 0 Å². The summed E-state index contributed by atoms with van der Waals surface area (Å²) in [6.07, 6.45) is 3.99. The van der Waals surface area contributed by atoms with Crippen LogP contribution in [-0.4, -0.2) is 53.3 Å². The number of amides is 2. The molecule has 0 aliphatic carbocycles. The van der Waals surface area contributed by atoms with Crippen LogP contribution in [0.5, 0.6) is 0 Å². The first-order chi connectivity index (χ1) is 15.3. The number of nitro groups is 1. The first kappa shape index (κ1) is 23.6. The number of benzene rings is 1. The number of nitrogens with zero attached hydrogens (tertiary/aromatic N) is 3. The number of sulfonamides is 1. The maximum Gasteiger partial charge on any atom is 0.269 e. The Morgan fingerprint density at radius 1 is 1.06 bits per heavy atom. The number of hydrogen-bond acceptors (Lipinski definition) is 8. The molecule has 0 atom stereocenters. The average molecular weight is 480 g/mol. The van der Waals surface area contributed by atoms with Crippen LogP contribution in [0.25, 0.3) is 0 Å². The summed E-state index contributed by atoms with van der Waals surface area (Å²) < 4.78 is 26.7. The van der Waals surface area contributed by atoms with Crippen molar-refractivity contribution < 1.29 is 22.9 Å². The highest BCUT2D eigenvalue weighted by Gasteiger charge is 2.26. The number of carbonyl (C=O) groups is 2. The largest absolute Gasteiger partial charge is 0.272 e. The number of aromatic nitrogens is 1. The van der Waals surface area contributed by atoms with Crippen LogP contribution in [0.15, 0.2) is 52.5 Å². The second-order valence-electron chi connectivity index (χ2n) is 6.89. The molecule has 0 unspecified atom stereocenters. The monoisotopic (exact) mass is 479 g/mol. The maximum atomic E-state index is 12.6. The van der Waals surface area contributed by atoms with Crippen LogP contribution in [0.4, 0.5) is 5.69 Å². The van der Waals surface area contributed by atoms with Gasteiger partial charge in [-0.2, -0.15) is 4.31 Å². The molecule has 2 heterocycles. The van der Waals surface area contributed by atoms with E-state index in [0.717, 1.165) is 31.0 Å². The van der Waals surface area contributed by atoms with Gasteiger partial charge in [0, 0.05) is 37.0 Å². The quantitative estimate of drug-likeness (QED) is 0.346. The molecule has 0 saturated carbocycles. The summed E-state index contributed by atoms with van der Waals surface area (Å²) >= 11 is 1.08.